The van der Waals surface area contributed by atoms with Gasteiger partial charge in [-0.1, -0.05) is 17.4 Å². The maximum atomic E-state index is 11.7. The van der Waals surface area contributed by atoms with Crippen LogP contribution in [0.15, 0.2) is 17.5 Å². The van der Waals surface area contributed by atoms with E-state index in [4.69, 9.17) is 0 Å². The molecule has 2 heterocycles. The summed E-state index contributed by atoms with van der Waals surface area (Å²) in [4.78, 5) is 12.4. The lowest BCUT2D eigenvalue weighted by molar-refractivity contribution is 0.104. The largest absolute Gasteiger partial charge is 0.363 e. The van der Waals surface area contributed by atoms with Gasteiger partial charge in [0.2, 0.25) is 10.9 Å². The Bertz CT molecular complexity index is 435. The minimum atomic E-state index is -0.0565. The Labute approximate surface area is 88.6 Å². The van der Waals surface area contributed by atoms with Gasteiger partial charge in [0.25, 0.3) is 0 Å². The van der Waals surface area contributed by atoms with Crippen LogP contribution in [-0.2, 0) is 0 Å². The van der Waals surface area contributed by atoms with Crippen LogP contribution in [0.2, 0.25) is 0 Å². The Hall–Kier alpha value is -1.27. The molecule has 0 spiro atoms. The van der Waals surface area contributed by atoms with Gasteiger partial charge in [0.15, 0.2) is 5.01 Å². The van der Waals surface area contributed by atoms with Crippen LogP contribution in [0.4, 0.5) is 5.13 Å². The zero-order valence-electron chi connectivity index (χ0n) is 7.35. The molecule has 0 bridgehead atoms. The first-order valence-electron chi connectivity index (χ1n) is 3.90. The molecule has 2 rings (SSSR count). The second-order valence-electron chi connectivity index (χ2n) is 2.47. The third-order valence-electron chi connectivity index (χ3n) is 1.58. The molecule has 0 amide bonds. The minimum Gasteiger partial charge on any atom is -0.363 e. The average molecular weight is 225 g/mol. The van der Waals surface area contributed by atoms with Gasteiger partial charge >= 0.3 is 0 Å². The quantitative estimate of drug-likeness (QED) is 0.810. The number of ketones is 1. The van der Waals surface area contributed by atoms with E-state index in [1.807, 2.05) is 11.4 Å². The van der Waals surface area contributed by atoms with Crippen molar-refractivity contribution in [2.45, 2.75) is 0 Å². The van der Waals surface area contributed by atoms with E-state index in [0.717, 1.165) is 0 Å². The van der Waals surface area contributed by atoms with Gasteiger partial charge in [-0.05, 0) is 11.4 Å². The van der Waals surface area contributed by atoms with Crippen LogP contribution in [0.3, 0.4) is 0 Å². The van der Waals surface area contributed by atoms with Crippen molar-refractivity contribution in [3.63, 3.8) is 0 Å². The smallest absolute Gasteiger partial charge is 0.233 e. The molecule has 6 heteroatoms. The maximum absolute atomic E-state index is 11.7. The normalized spacial score (nSPS) is 10.1. The fraction of sp³-hybridized carbons (Fsp3) is 0.125. The van der Waals surface area contributed by atoms with Gasteiger partial charge in [-0.25, -0.2) is 0 Å². The molecule has 0 unspecified atom stereocenters. The molecule has 2 aromatic rings. The van der Waals surface area contributed by atoms with E-state index in [2.05, 4.69) is 15.5 Å². The molecule has 2 aromatic heterocycles. The number of anilines is 1. The molecule has 0 saturated heterocycles. The van der Waals surface area contributed by atoms with E-state index in [9.17, 15) is 4.79 Å². The number of aromatic nitrogens is 2. The first kappa shape index (κ1) is 9.29. The molecule has 0 aliphatic heterocycles. The van der Waals surface area contributed by atoms with Crippen LogP contribution >= 0.6 is 22.7 Å². The summed E-state index contributed by atoms with van der Waals surface area (Å²) in [7, 11) is 1.75. The molecular weight excluding hydrogens is 218 g/mol. The lowest BCUT2D eigenvalue weighted by atomic mass is 10.3. The topological polar surface area (TPSA) is 54.9 Å². The molecule has 0 aliphatic carbocycles. The number of rotatable bonds is 3. The Morgan fingerprint density at radius 2 is 2.36 bits per heavy atom. The predicted octanol–water partition coefficient (Wildman–Crippen LogP) is 1.87. The van der Waals surface area contributed by atoms with Crippen molar-refractivity contribution in [3.05, 3.63) is 27.4 Å². The second kappa shape index (κ2) is 3.85. The van der Waals surface area contributed by atoms with E-state index in [1.165, 1.54) is 22.7 Å². The number of hydrogen-bond donors (Lipinski definition) is 1. The highest BCUT2D eigenvalue weighted by Crippen LogP contribution is 2.20. The van der Waals surface area contributed by atoms with Crippen molar-refractivity contribution in [2.24, 2.45) is 0 Å². The minimum absolute atomic E-state index is 0.0565. The van der Waals surface area contributed by atoms with Gasteiger partial charge in [0.05, 0.1) is 4.88 Å². The second-order valence-corrected chi connectivity index (χ2v) is 4.39. The van der Waals surface area contributed by atoms with E-state index in [-0.39, 0.29) is 5.78 Å². The molecule has 0 saturated carbocycles. The summed E-state index contributed by atoms with van der Waals surface area (Å²) < 4.78 is 0. The van der Waals surface area contributed by atoms with E-state index in [1.54, 1.807) is 13.1 Å². The van der Waals surface area contributed by atoms with Crippen molar-refractivity contribution in [2.75, 3.05) is 12.4 Å². The fourth-order valence-electron chi connectivity index (χ4n) is 0.929. The van der Waals surface area contributed by atoms with Gasteiger partial charge in [0, 0.05) is 7.05 Å². The number of nitrogens with zero attached hydrogens (tertiary/aromatic N) is 2. The molecular formula is C8H7N3OS2. The van der Waals surface area contributed by atoms with E-state index < -0.39 is 0 Å². The van der Waals surface area contributed by atoms with E-state index in [0.29, 0.717) is 15.0 Å². The lowest BCUT2D eigenvalue weighted by Gasteiger charge is -1.88. The van der Waals surface area contributed by atoms with E-state index >= 15 is 0 Å². The number of hydrogen-bond acceptors (Lipinski definition) is 6. The van der Waals surface area contributed by atoms with Crippen molar-refractivity contribution in [1.82, 2.24) is 10.2 Å². The van der Waals surface area contributed by atoms with Gasteiger partial charge in [-0.3, -0.25) is 4.79 Å². The van der Waals surface area contributed by atoms with Crippen LogP contribution in [0, 0.1) is 0 Å². The summed E-state index contributed by atoms with van der Waals surface area (Å²) >= 11 is 2.67. The zero-order chi connectivity index (χ0) is 9.97. The Morgan fingerprint density at radius 1 is 1.50 bits per heavy atom. The van der Waals surface area contributed by atoms with Crippen LogP contribution in [0.1, 0.15) is 14.7 Å². The van der Waals surface area contributed by atoms with Crippen LogP contribution in [0.25, 0.3) is 0 Å². The van der Waals surface area contributed by atoms with Crippen LogP contribution in [-0.4, -0.2) is 23.0 Å². The van der Waals surface area contributed by atoms with Crippen molar-refractivity contribution < 1.29 is 4.79 Å². The fourth-order valence-corrected chi connectivity index (χ4v) is 2.31. The Morgan fingerprint density at radius 3 is 2.93 bits per heavy atom. The maximum Gasteiger partial charge on any atom is 0.233 e. The van der Waals surface area contributed by atoms with Crippen molar-refractivity contribution >= 4 is 33.6 Å². The number of nitrogens with one attached hydrogen (secondary N) is 1. The standard InChI is InChI=1S/C8H7N3OS2/c1-9-8-11-10-7(14-8)6(12)5-3-2-4-13-5/h2-4H,1H3,(H,9,11). The highest BCUT2D eigenvalue weighted by molar-refractivity contribution is 7.18. The number of carbonyl (C=O) groups excluding carboxylic acids is 1. The molecule has 0 atom stereocenters. The monoisotopic (exact) mass is 225 g/mol. The van der Waals surface area contributed by atoms with Crippen LogP contribution in [0.5, 0.6) is 0 Å². The first-order valence-corrected chi connectivity index (χ1v) is 5.60. The highest BCUT2D eigenvalue weighted by Gasteiger charge is 2.14. The summed E-state index contributed by atoms with van der Waals surface area (Å²) in [5, 5.41) is 13.4. The molecule has 0 radical (unpaired) electrons. The number of thiophene rings is 1. The summed E-state index contributed by atoms with van der Waals surface area (Å²) in [6.45, 7) is 0. The predicted molar refractivity (Wildman–Crippen MR) is 57.2 cm³/mol. The highest BCUT2D eigenvalue weighted by atomic mass is 32.1. The van der Waals surface area contributed by atoms with Gasteiger partial charge in [-0.2, -0.15) is 0 Å². The molecule has 0 aromatic carbocycles. The van der Waals surface area contributed by atoms with Crippen LogP contribution < -0.4 is 5.32 Å². The molecule has 72 valence electrons. The van der Waals surface area contributed by atoms with Crippen molar-refractivity contribution in [3.8, 4) is 0 Å². The Balaban J connectivity index is 2.28. The molecule has 4 nitrogen and oxygen atoms in total. The summed E-state index contributed by atoms with van der Waals surface area (Å²) in [6, 6.07) is 3.63. The van der Waals surface area contributed by atoms with Gasteiger partial charge in [-0.15, -0.1) is 21.5 Å². The summed E-state index contributed by atoms with van der Waals surface area (Å²) in [5.74, 6) is -0.0565. The molecule has 1 N–H and O–H groups in total. The third kappa shape index (κ3) is 1.66. The SMILES string of the molecule is CNc1nnc(C(=O)c2cccs2)s1. The zero-order valence-corrected chi connectivity index (χ0v) is 8.98. The molecule has 0 fully saturated rings. The summed E-state index contributed by atoms with van der Waals surface area (Å²) in [5.41, 5.74) is 0. The third-order valence-corrected chi connectivity index (χ3v) is 3.39. The Kier molecular flexibility index (Phi) is 2.55. The molecule has 14 heavy (non-hydrogen) atoms. The van der Waals surface area contributed by atoms with Gasteiger partial charge in [0.1, 0.15) is 0 Å². The molecule has 0 aliphatic rings. The van der Waals surface area contributed by atoms with Crippen molar-refractivity contribution in [1.29, 1.82) is 0 Å². The lowest BCUT2D eigenvalue weighted by Crippen LogP contribution is -1.97. The average Bonchev–Trinajstić information content (AvgIpc) is 2.88. The first-order chi connectivity index (χ1) is 6.81. The summed E-state index contributed by atoms with van der Waals surface area (Å²) in [6.07, 6.45) is 0. The van der Waals surface area contributed by atoms with Gasteiger partial charge < -0.3 is 5.32 Å². The number of carbonyl (C=O) groups is 1.